The van der Waals surface area contributed by atoms with Crippen LogP contribution in [0.3, 0.4) is 0 Å². The number of nitrogens with one attached hydrogen (secondary N) is 2. The molecule has 0 unspecified atom stereocenters. The van der Waals surface area contributed by atoms with E-state index in [0.29, 0.717) is 11.6 Å². The van der Waals surface area contributed by atoms with Crippen LogP contribution in [0, 0.1) is 0 Å². The van der Waals surface area contributed by atoms with Crippen LogP contribution in [0.2, 0.25) is 0 Å². The summed E-state index contributed by atoms with van der Waals surface area (Å²) in [5, 5.41) is 5.93. The number of carbonyl (C=O) groups is 2. The van der Waals surface area contributed by atoms with E-state index in [1.165, 1.54) is 5.56 Å². The molecule has 0 saturated heterocycles. The fraction of sp³-hybridized carbons (Fsp3) is 0.200. The van der Waals surface area contributed by atoms with Crippen molar-refractivity contribution in [2.24, 2.45) is 0 Å². The third-order valence-electron chi connectivity index (χ3n) is 5.32. The molecule has 3 aromatic rings. The van der Waals surface area contributed by atoms with Gasteiger partial charge in [0, 0.05) is 5.69 Å². The minimum atomic E-state index is -0.636. The highest BCUT2D eigenvalue weighted by Gasteiger charge is 2.33. The summed E-state index contributed by atoms with van der Waals surface area (Å²) in [6.45, 7) is 4.38. The third kappa shape index (κ3) is 4.06. The maximum Gasteiger partial charge on any atom is 0.251 e. The van der Waals surface area contributed by atoms with Crippen LogP contribution in [-0.2, 0) is 9.59 Å². The van der Waals surface area contributed by atoms with Crippen molar-refractivity contribution in [3.63, 3.8) is 0 Å². The van der Waals surface area contributed by atoms with Crippen molar-refractivity contribution >= 4 is 28.9 Å². The van der Waals surface area contributed by atoms with Gasteiger partial charge in [0.25, 0.3) is 5.91 Å². The molecule has 2 N–H and O–H groups in total. The molecule has 0 bridgehead atoms. The summed E-state index contributed by atoms with van der Waals surface area (Å²) in [6, 6.07) is 24.4. The fourth-order valence-corrected chi connectivity index (χ4v) is 3.76. The Morgan fingerprint density at radius 3 is 2.27 bits per heavy atom. The van der Waals surface area contributed by atoms with Crippen molar-refractivity contribution in [2.45, 2.75) is 25.8 Å². The Kier molecular flexibility index (Phi) is 5.53. The summed E-state index contributed by atoms with van der Waals surface area (Å²) >= 11 is 0. The Labute approximate surface area is 176 Å². The van der Waals surface area contributed by atoms with Crippen molar-refractivity contribution in [1.29, 1.82) is 0 Å². The fourth-order valence-electron chi connectivity index (χ4n) is 3.76. The zero-order valence-corrected chi connectivity index (χ0v) is 17.1. The van der Waals surface area contributed by atoms with Crippen molar-refractivity contribution in [2.75, 3.05) is 22.1 Å². The largest absolute Gasteiger partial charge is 0.345 e. The number of rotatable bonds is 5. The van der Waals surface area contributed by atoms with Gasteiger partial charge in [0.2, 0.25) is 5.91 Å². The smallest absolute Gasteiger partial charge is 0.251 e. The Hall–Kier alpha value is -3.60. The number of para-hydroxylation sites is 2. The molecule has 1 aliphatic heterocycles. The van der Waals surface area contributed by atoms with Crippen LogP contribution in [0.1, 0.15) is 36.9 Å². The molecule has 1 heterocycles. The summed E-state index contributed by atoms with van der Waals surface area (Å²) in [4.78, 5) is 27.7. The highest BCUT2D eigenvalue weighted by atomic mass is 16.2. The summed E-state index contributed by atoms with van der Waals surface area (Å²) in [5.41, 5.74) is 4.33. The van der Waals surface area contributed by atoms with E-state index in [1.54, 1.807) is 0 Å². The number of hydrogen-bond acceptors (Lipinski definition) is 3. The Morgan fingerprint density at radius 2 is 1.57 bits per heavy atom. The van der Waals surface area contributed by atoms with Gasteiger partial charge in [0.15, 0.2) is 0 Å². The molecule has 0 saturated carbocycles. The second-order valence-electron chi connectivity index (χ2n) is 7.77. The first-order valence-corrected chi connectivity index (χ1v) is 10.1. The van der Waals surface area contributed by atoms with Gasteiger partial charge in [-0.15, -0.1) is 0 Å². The van der Waals surface area contributed by atoms with Gasteiger partial charge in [-0.1, -0.05) is 68.4 Å². The van der Waals surface area contributed by atoms with E-state index in [2.05, 4.69) is 24.5 Å². The second kappa shape index (κ2) is 8.41. The molecule has 3 aromatic carbocycles. The standard InChI is InChI=1S/C25H25N3O2/c1-17(2)18-12-14-20(15-13-18)26-25(30)24(19-8-4-3-5-9-19)28-16-23(29)27-21-10-6-7-11-22(21)28/h3-15,17,24H,16H2,1-2H3,(H,26,30)(H,27,29)/t24-/m1/s1. The number of hydrogen-bond donors (Lipinski definition) is 2. The van der Waals surface area contributed by atoms with Gasteiger partial charge >= 0.3 is 0 Å². The van der Waals surface area contributed by atoms with Gasteiger partial charge in [0.1, 0.15) is 6.04 Å². The van der Waals surface area contributed by atoms with Crippen molar-refractivity contribution in [3.05, 3.63) is 90.0 Å². The average molecular weight is 399 g/mol. The number of anilines is 3. The van der Waals surface area contributed by atoms with Crippen LogP contribution in [0.15, 0.2) is 78.9 Å². The molecule has 0 spiro atoms. The van der Waals surface area contributed by atoms with Gasteiger partial charge in [0.05, 0.1) is 17.9 Å². The van der Waals surface area contributed by atoms with Crippen molar-refractivity contribution in [1.82, 2.24) is 0 Å². The van der Waals surface area contributed by atoms with Gasteiger partial charge in [-0.3, -0.25) is 9.59 Å². The van der Waals surface area contributed by atoms with Crippen LogP contribution >= 0.6 is 0 Å². The molecule has 4 rings (SSSR count). The molecule has 1 aliphatic rings. The number of nitrogens with zero attached hydrogens (tertiary/aromatic N) is 1. The maximum absolute atomic E-state index is 13.5. The lowest BCUT2D eigenvalue weighted by atomic mass is 10.0. The van der Waals surface area contributed by atoms with Crippen LogP contribution < -0.4 is 15.5 Å². The molecule has 0 fully saturated rings. The SMILES string of the molecule is CC(C)c1ccc(NC(=O)[C@@H](c2ccccc2)N2CC(=O)Nc3ccccc32)cc1. The maximum atomic E-state index is 13.5. The van der Waals surface area contributed by atoms with Gasteiger partial charge < -0.3 is 15.5 Å². The van der Waals surface area contributed by atoms with Crippen LogP contribution in [0.5, 0.6) is 0 Å². The normalized spacial score (nSPS) is 14.1. The number of fused-ring (bicyclic) bond motifs is 1. The molecule has 0 radical (unpaired) electrons. The molecule has 5 nitrogen and oxygen atoms in total. The molecule has 1 atom stereocenters. The Bertz CT molecular complexity index is 1050. The second-order valence-corrected chi connectivity index (χ2v) is 7.77. The lowest BCUT2D eigenvalue weighted by molar-refractivity contribution is -0.118. The number of benzene rings is 3. The molecule has 152 valence electrons. The van der Waals surface area contributed by atoms with E-state index < -0.39 is 6.04 Å². The average Bonchev–Trinajstić information content (AvgIpc) is 2.75. The molecule has 0 aliphatic carbocycles. The van der Waals surface area contributed by atoms with Crippen LogP contribution in [0.25, 0.3) is 0 Å². The van der Waals surface area contributed by atoms with Crippen LogP contribution in [-0.4, -0.2) is 18.4 Å². The first kappa shape index (κ1) is 19.7. The minimum absolute atomic E-state index is 0.107. The first-order valence-electron chi connectivity index (χ1n) is 10.1. The Morgan fingerprint density at radius 1 is 0.900 bits per heavy atom. The predicted octanol–water partition coefficient (Wildman–Crippen LogP) is 4.95. The van der Waals surface area contributed by atoms with Crippen molar-refractivity contribution < 1.29 is 9.59 Å². The highest BCUT2D eigenvalue weighted by molar-refractivity contribution is 6.05. The van der Waals surface area contributed by atoms with E-state index in [9.17, 15) is 9.59 Å². The molecule has 5 heteroatoms. The minimum Gasteiger partial charge on any atom is -0.345 e. The predicted molar refractivity (Wildman–Crippen MR) is 121 cm³/mol. The zero-order valence-electron chi connectivity index (χ0n) is 17.1. The Balaban J connectivity index is 1.69. The van der Waals surface area contributed by atoms with E-state index in [-0.39, 0.29) is 18.4 Å². The van der Waals surface area contributed by atoms with E-state index in [0.717, 1.165) is 16.9 Å². The summed E-state index contributed by atoms with van der Waals surface area (Å²) in [6.07, 6.45) is 0. The van der Waals surface area contributed by atoms with E-state index in [1.807, 2.05) is 83.8 Å². The zero-order chi connectivity index (χ0) is 21.1. The van der Waals surface area contributed by atoms with Crippen LogP contribution in [0.4, 0.5) is 17.1 Å². The molecular weight excluding hydrogens is 374 g/mol. The molecule has 2 amide bonds. The first-order chi connectivity index (χ1) is 14.5. The van der Waals surface area contributed by atoms with Crippen molar-refractivity contribution in [3.8, 4) is 0 Å². The van der Waals surface area contributed by atoms with E-state index >= 15 is 0 Å². The number of amides is 2. The number of carbonyl (C=O) groups excluding carboxylic acids is 2. The summed E-state index contributed by atoms with van der Waals surface area (Å²) in [5.74, 6) is 0.113. The lowest BCUT2D eigenvalue weighted by Gasteiger charge is -2.36. The molecular formula is C25H25N3O2. The lowest BCUT2D eigenvalue weighted by Crippen LogP contribution is -2.44. The molecule has 30 heavy (non-hydrogen) atoms. The van der Waals surface area contributed by atoms with Gasteiger partial charge in [-0.05, 0) is 41.3 Å². The summed E-state index contributed by atoms with van der Waals surface area (Å²) in [7, 11) is 0. The highest BCUT2D eigenvalue weighted by Crippen LogP contribution is 2.36. The monoisotopic (exact) mass is 399 g/mol. The third-order valence-corrected chi connectivity index (χ3v) is 5.32. The molecule has 0 aromatic heterocycles. The summed E-state index contributed by atoms with van der Waals surface area (Å²) < 4.78 is 0. The van der Waals surface area contributed by atoms with Gasteiger partial charge in [-0.2, -0.15) is 0 Å². The van der Waals surface area contributed by atoms with Gasteiger partial charge in [-0.25, -0.2) is 0 Å². The van der Waals surface area contributed by atoms with E-state index in [4.69, 9.17) is 0 Å². The topological polar surface area (TPSA) is 61.4 Å². The quantitative estimate of drug-likeness (QED) is 0.638.